The molecule has 6 rings (SSSR count). The van der Waals surface area contributed by atoms with Crippen LogP contribution in [0, 0.1) is 0 Å². The molecule has 52 heavy (non-hydrogen) atoms. The molecule has 0 saturated carbocycles. The number of phenolic OH excluding ortho intramolecular Hbond substituents is 2. The first-order valence-electron chi connectivity index (χ1n) is 15.0. The fourth-order valence-corrected chi connectivity index (χ4v) is 6.60. The van der Waals surface area contributed by atoms with Gasteiger partial charge in [-0.05, 0) is 60.7 Å². The number of aromatic hydroxyl groups is 2. The van der Waals surface area contributed by atoms with E-state index in [4.69, 9.17) is 0 Å². The van der Waals surface area contributed by atoms with E-state index in [-0.39, 0.29) is 33.3 Å². The quantitative estimate of drug-likeness (QED) is 0.0659. The van der Waals surface area contributed by atoms with Crippen LogP contribution in [-0.2, 0) is 20.2 Å². The van der Waals surface area contributed by atoms with Crippen LogP contribution in [0.1, 0.15) is 20.7 Å². The monoisotopic (exact) mass is 742 g/mol. The summed E-state index contributed by atoms with van der Waals surface area (Å²) in [4.78, 5) is 37.2. The number of hydrogen-bond acceptors (Lipinski definition) is 9. The largest absolute Gasteiger partial charge is 0.506 e. The topological polar surface area (TPSA) is 249 Å². The van der Waals surface area contributed by atoms with Crippen molar-refractivity contribution in [1.82, 2.24) is 0 Å². The number of nitrogens with one attached hydrogen (secondary N) is 4. The lowest BCUT2D eigenvalue weighted by Crippen LogP contribution is -2.20. The summed E-state index contributed by atoms with van der Waals surface area (Å²) in [5, 5.41) is 31.9. The van der Waals surface area contributed by atoms with Gasteiger partial charge in [-0.3, -0.25) is 18.7 Å². The van der Waals surface area contributed by atoms with Gasteiger partial charge < -0.3 is 31.5 Å². The van der Waals surface area contributed by atoms with Crippen molar-refractivity contribution in [2.75, 3.05) is 21.3 Å². The molecule has 0 unspecified atom stereocenters. The summed E-state index contributed by atoms with van der Waals surface area (Å²) in [6.45, 7) is 0. The van der Waals surface area contributed by atoms with Crippen molar-refractivity contribution in [1.29, 1.82) is 0 Å². The summed E-state index contributed by atoms with van der Waals surface area (Å²) in [5.74, 6) is -2.61. The van der Waals surface area contributed by atoms with E-state index in [1.165, 1.54) is 60.7 Å². The van der Waals surface area contributed by atoms with E-state index in [1.54, 1.807) is 36.4 Å². The Kier molecular flexibility index (Phi) is 9.26. The van der Waals surface area contributed by atoms with Gasteiger partial charge in [0.25, 0.3) is 32.1 Å². The molecule has 15 nitrogen and oxygen atoms in total. The Morgan fingerprint density at radius 2 is 0.788 bits per heavy atom. The number of urea groups is 1. The number of rotatable bonds is 8. The molecular formula is C35H26N4O11S2. The maximum absolute atomic E-state index is 13.0. The summed E-state index contributed by atoms with van der Waals surface area (Å²) in [7, 11) is -9.63. The highest BCUT2D eigenvalue weighted by Crippen LogP contribution is 2.38. The zero-order valence-corrected chi connectivity index (χ0v) is 28.0. The minimum Gasteiger partial charge on any atom is -0.506 e. The second-order valence-electron chi connectivity index (χ2n) is 11.2. The molecule has 0 fully saturated rings. The van der Waals surface area contributed by atoms with Crippen molar-refractivity contribution in [3.63, 3.8) is 0 Å². The van der Waals surface area contributed by atoms with Crippen molar-refractivity contribution in [2.45, 2.75) is 9.79 Å². The Bertz CT molecular complexity index is 2460. The van der Waals surface area contributed by atoms with Crippen molar-refractivity contribution >= 4 is 82.4 Å². The fourth-order valence-electron chi connectivity index (χ4n) is 5.36. The third-order valence-electron chi connectivity index (χ3n) is 7.82. The third-order valence-corrected chi connectivity index (χ3v) is 9.56. The summed E-state index contributed by atoms with van der Waals surface area (Å²) >= 11 is 0. The number of carbonyl (C=O) groups excluding carboxylic acids is 3. The van der Waals surface area contributed by atoms with Crippen molar-refractivity contribution in [2.24, 2.45) is 0 Å². The molecule has 0 saturated heterocycles. The van der Waals surface area contributed by atoms with Crippen molar-refractivity contribution in [3.05, 3.63) is 120 Å². The number of hydrogen-bond donors (Lipinski definition) is 8. The van der Waals surface area contributed by atoms with Crippen LogP contribution in [0.5, 0.6) is 11.5 Å². The van der Waals surface area contributed by atoms with E-state index in [1.807, 2.05) is 0 Å². The Labute approximate surface area is 295 Å². The number of benzene rings is 6. The van der Waals surface area contributed by atoms with Crippen LogP contribution in [0.2, 0.25) is 0 Å². The van der Waals surface area contributed by atoms with E-state index in [9.17, 15) is 50.5 Å². The molecule has 0 aliphatic rings. The van der Waals surface area contributed by atoms with Crippen LogP contribution in [-0.4, -0.2) is 54.0 Å². The van der Waals surface area contributed by atoms with Crippen LogP contribution in [0.25, 0.3) is 21.5 Å². The van der Waals surface area contributed by atoms with Crippen LogP contribution in [0.15, 0.2) is 119 Å². The molecule has 0 aliphatic heterocycles. The number of carbonyl (C=O) groups is 3. The molecular weight excluding hydrogens is 717 g/mol. The maximum atomic E-state index is 13.0. The lowest BCUT2D eigenvalue weighted by Gasteiger charge is -2.13. The Morgan fingerprint density at radius 3 is 1.12 bits per heavy atom. The number of amides is 4. The number of phenols is 2. The van der Waals surface area contributed by atoms with Gasteiger partial charge in [0, 0.05) is 44.0 Å². The molecule has 264 valence electrons. The summed E-state index contributed by atoms with van der Waals surface area (Å²) < 4.78 is 66.4. The van der Waals surface area contributed by atoms with Gasteiger partial charge in [0.15, 0.2) is 0 Å². The van der Waals surface area contributed by atoms with Crippen molar-refractivity contribution in [3.8, 4) is 11.5 Å². The van der Waals surface area contributed by atoms with E-state index in [0.717, 1.165) is 12.1 Å². The predicted octanol–water partition coefficient (Wildman–Crippen LogP) is 6.05. The zero-order valence-electron chi connectivity index (χ0n) is 26.4. The first kappa shape index (κ1) is 35.3. The normalized spacial score (nSPS) is 11.6. The van der Waals surface area contributed by atoms with Crippen molar-refractivity contribution < 1.29 is 50.5 Å². The predicted molar refractivity (Wildman–Crippen MR) is 192 cm³/mol. The van der Waals surface area contributed by atoms with E-state index in [2.05, 4.69) is 21.3 Å². The SMILES string of the molecule is O=C(Nc1ccc(C(=O)Nc2cc(S(=O)(=O)O)c(O)c3ccccc23)cc1)Nc1ccc(C(=O)Nc2cc(S(=O)(=O)O)c(O)c3ccccc23)cc1. The molecule has 4 amide bonds. The Balaban J connectivity index is 1.10. The standard InChI is InChI=1S/C35H26N4O11S2/c40-31-25-7-3-1-5-23(25)27(17-29(31)51(45,46)47)38-33(42)19-9-13-21(14-10-19)36-35(44)37-22-15-11-20(12-16-22)34(43)39-28-18-30(52(48,49)50)32(41)26-8-4-2-6-24(26)28/h1-18,40-41H,(H,38,42)(H,39,43)(H2,36,37,44)(H,45,46,47)(H,48,49,50). The minimum absolute atomic E-state index is 0.0243. The van der Waals surface area contributed by atoms with Gasteiger partial charge in [-0.1, -0.05) is 48.5 Å². The second kappa shape index (κ2) is 13.6. The molecule has 6 aromatic carbocycles. The van der Waals surface area contributed by atoms with Gasteiger partial charge in [0.1, 0.15) is 21.3 Å². The highest BCUT2D eigenvalue weighted by atomic mass is 32.2. The van der Waals surface area contributed by atoms with Gasteiger partial charge in [-0.2, -0.15) is 16.8 Å². The van der Waals surface area contributed by atoms with E-state index >= 15 is 0 Å². The molecule has 0 aliphatic carbocycles. The summed E-state index contributed by atoms with van der Waals surface area (Å²) in [5.41, 5.74) is 0.936. The molecule has 0 atom stereocenters. The second-order valence-corrected chi connectivity index (χ2v) is 14.0. The first-order chi connectivity index (χ1) is 24.6. The summed E-state index contributed by atoms with van der Waals surface area (Å²) in [6.07, 6.45) is 0. The molecule has 0 heterocycles. The van der Waals surface area contributed by atoms with Gasteiger partial charge >= 0.3 is 6.03 Å². The minimum atomic E-state index is -4.82. The Morgan fingerprint density at radius 1 is 0.462 bits per heavy atom. The first-order valence-corrected chi connectivity index (χ1v) is 17.8. The van der Waals surface area contributed by atoms with Crippen LogP contribution in [0.3, 0.4) is 0 Å². The van der Waals surface area contributed by atoms with Gasteiger partial charge in [-0.25, -0.2) is 4.79 Å². The zero-order chi connectivity index (χ0) is 37.4. The average Bonchev–Trinajstić information content (AvgIpc) is 3.10. The number of fused-ring (bicyclic) bond motifs is 2. The lowest BCUT2D eigenvalue weighted by atomic mass is 10.1. The molecule has 8 N–H and O–H groups in total. The lowest BCUT2D eigenvalue weighted by molar-refractivity contribution is 0.101. The van der Waals surface area contributed by atoms with Gasteiger partial charge in [-0.15, -0.1) is 0 Å². The van der Waals surface area contributed by atoms with Gasteiger partial charge in [0.05, 0.1) is 11.4 Å². The average molecular weight is 743 g/mol. The molecule has 0 bridgehead atoms. The highest BCUT2D eigenvalue weighted by molar-refractivity contribution is 7.86. The van der Waals surface area contributed by atoms with E-state index in [0.29, 0.717) is 22.1 Å². The molecule has 0 radical (unpaired) electrons. The van der Waals surface area contributed by atoms with Crippen LogP contribution >= 0.6 is 0 Å². The van der Waals surface area contributed by atoms with Crippen LogP contribution in [0.4, 0.5) is 27.5 Å². The third kappa shape index (κ3) is 7.32. The fraction of sp³-hybridized carbons (Fsp3) is 0. The van der Waals surface area contributed by atoms with Crippen LogP contribution < -0.4 is 21.3 Å². The molecule has 6 aromatic rings. The molecule has 17 heteroatoms. The molecule has 0 spiro atoms. The Hall–Kier alpha value is -6.53. The maximum Gasteiger partial charge on any atom is 0.323 e. The smallest absolute Gasteiger partial charge is 0.323 e. The number of anilines is 4. The highest BCUT2D eigenvalue weighted by Gasteiger charge is 2.23. The van der Waals surface area contributed by atoms with E-state index < -0.39 is 59.4 Å². The summed E-state index contributed by atoms with van der Waals surface area (Å²) in [6, 6.07) is 24.9. The molecule has 0 aromatic heterocycles. The van der Waals surface area contributed by atoms with Gasteiger partial charge in [0.2, 0.25) is 0 Å².